The summed E-state index contributed by atoms with van der Waals surface area (Å²) in [6, 6.07) is 9.89. The Labute approximate surface area is 138 Å². The van der Waals surface area contributed by atoms with Crippen LogP contribution in [0.3, 0.4) is 0 Å². The Morgan fingerprint density at radius 2 is 1.96 bits per heavy atom. The van der Waals surface area contributed by atoms with E-state index < -0.39 is 0 Å². The van der Waals surface area contributed by atoms with Gasteiger partial charge < -0.3 is 4.90 Å². The lowest BCUT2D eigenvalue weighted by Crippen LogP contribution is -2.30. The summed E-state index contributed by atoms with van der Waals surface area (Å²) >= 11 is 0. The number of nitrogens with zero attached hydrogens (tertiary/aromatic N) is 3. The number of hydrogen-bond acceptors (Lipinski definition) is 3. The van der Waals surface area contributed by atoms with Crippen LogP contribution in [0.2, 0.25) is 0 Å². The van der Waals surface area contributed by atoms with E-state index in [1.54, 1.807) is 11.9 Å². The average Bonchev–Trinajstić information content (AvgIpc) is 3.08. The second-order valence-electron chi connectivity index (χ2n) is 5.85. The molecule has 1 aliphatic rings. The predicted octanol–water partition coefficient (Wildman–Crippen LogP) is 2.66. The molecule has 1 aromatic carbocycles. The summed E-state index contributed by atoms with van der Waals surface area (Å²) in [5.74, 6) is -0.0496. The fourth-order valence-corrected chi connectivity index (χ4v) is 2.52. The van der Waals surface area contributed by atoms with Crippen LogP contribution in [0.1, 0.15) is 44.6 Å². The zero-order valence-electron chi connectivity index (χ0n) is 14.0. The van der Waals surface area contributed by atoms with Crippen molar-refractivity contribution in [1.82, 2.24) is 9.91 Å². The Balaban J connectivity index is 1.83. The fourth-order valence-electron chi connectivity index (χ4n) is 2.52. The summed E-state index contributed by atoms with van der Waals surface area (Å²) in [5.41, 5.74) is 1.99. The van der Waals surface area contributed by atoms with E-state index in [1.165, 1.54) is 5.01 Å². The molecule has 0 bridgehead atoms. The number of hydrazone groups is 1. The zero-order chi connectivity index (χ0) is 16.7. The van der Waals surface area contributed by atoms with Crippen LogP contribution < -0.4 is 0 Å². The topological polar surface area (TPSA) is 53.0 Å². The maximum atomic E-state index is 12.2. The van der Waals surface area contributed by atoms with E-state index in [9.17, 15) is 9.59 Å². The van der Waals surface area contributed by atoms with Gasteiger partial charge in [-0.25, -0.2) is 5.01 Å². The van der Waals surface area contributed by atoms with Gasteiger partial charge in [-0.1, -0.05) is 43.7 Å². The van der Waals surface area contributed by atoms with Crippen LogP contribution in [-0.2, 0) is 9.59 Å². The first-order valence-electron chi connectivity index (χ1n) is 8.29. The number of amides is 2. The third-order valence-electron chi connectivity index (χ3n) is 4.02. The molecule has 5 nitrogen and oxygen atoms in total. The molecule has 1 heterocycles. The van der Waals surface area contributed by atoms with Gasteiger partial charge >= 0.3 is 0 Å². The van der Waals surface area contributed by atoms with E-state index in [2.05, 4.69) is 12.0 Å². The second-order valence-corrected chi connectivity index (χ2v) is 5.85. The molecule has 0 aromatic heterocycles. The van der Waals surface area contributed by atoms with Gasteiger partial charge in [0.05, 0.1) is 12.3 Å². The third kappa shape index (κ3) is 4.91. The lowest BCUT2D eigenvalue weighted by atomic mass is 10.1. The maximum Gasteiger partial charge on any atom is 0.243 e. The van der Waals surface area contributed by atoms with Gasteiger partial charge in [0.25, 0.3) is 0 Å². The number of rotatable bonds is 7. The predicted molar refractivity (Wildman–Crippen MR) is 91.1 cm³/mol. The van der Waals surface area contributed by atoms with Crippen LogP contribution in [0.4, 0.5) is 0 Å². The summed E-state index contributed by atoms with van der Waals surface area (Å²) in [6.45, 7) is 3.45. The summed E-state index contributed by atoms with van der Waals surface area (Å²) in [5, 5.41) is 5.91. The van der Waals surface area contributed by atoms with E-state index >= 15 is 0 Å². The Bertz CT molecular complexity index is 569. The molecule has 0 radical (unpaired) electrons. The number of carbonyl (C=O) groups excluding carboxylic acids is 2. The molecule has 2 rings (SSSR count). The van der Waals surface area contributed by atoms with Gasteiger partial charge in [0.2, 0.25) is 11.8 Å². The summed E-state index contributed by atoms with van der Waals surface area (Å²) in [6.07, 6.45) is 3.29. The molecule has 0 saturated carbocycles. The molecule has 0 atom stereocenters. The van der Waals surface area contributed by atoms with Crippen molar-refractivity contribution in [3.8, 4) is 0 Å². The van der Waals surface area contributed by atoms with Crippen LogP contribution in [0.5, 0.6) is 0 Å². The van der Waals surface area contributed by atoms with Gasteiger partial charge in [-0.2, -0.15) is 5.10 Å². The average molecular weight is 315 g/mol. The van der Waals surface area contributed by atoms with E-state index in [4.69, 9.17) is 0 Å². The molecule has 0 unspecified atom stereocenters. The molecule has 5 heteroatoms. The van der Waals surface area contributed by atoms with Crippen molar-refractivity contribution in [3.63, 3.8) is 0 Å². The minimum atomic E-state index is -0.0758. The van der Waals surface area contributed by atoms with Crippen molar-refractivity contribution < 1.29 is 9.59 Å². The molecule has 0 N–H and O–H groups in total. The van der Waals surface area contributed by atoms with Crippen molar-refractivity contribution in [2.45, 2.75) is 39.0 Å². The molecular weight excluding hydrogens is 290 g/mol. The fraction of sp³-hybridized carbons (Fsp3) is 0.500. The minimum absolute atomic E-state index is 0.0262. The molecule has 0 saturated heterocycles. The Kier molecular flexibility index (Phi) is 6.32. The van der Waals surface area contributed by atoms with Crippen molar-refractivity contribution in [1.29, 1.82) is 0 Å². The van der Waals surface area contributed by atoms with E-state index in [0.717, 1.165) is 37.1 Å². The lowest BCUT2D eigenvalue weighted by Gasteiger charge is -2.17. The normalized spacial score (nSPS) is 13.8. The summed E-state index contributed by atoms with van der Waals surface area (Å²) in [7, 11) is 1.80. The summed E-state index contributed by atoms with van der Waals surface area (Å²) in [4.78, 5) is 25.9. The third-order valence-corrected chi connectivity index (χ3v) is 4.02. The van der Waals surface area contributed by atoms with Gasteiger partial charge in [-0.15, -0.1) is 0 Å². The SMILES string of the molecule is CCCCN(C)C(=O)CCC(=O)N1CCC(c2ccccc2)=N1. The van der Waals surface area contributed by atoms with Crippen molar-refractivity contribution in [2.24, 2.45) is 5.10 Å². The second kappa shape index (κ2) is 8.46. The molecular formula is C18H25N3O2. The number of hydrogen-bond donors (Lipinski definition) is 0. The molecule has 1 aliphatic heterocycles. The van der Waals surface area contributed by atoms with Crippen LogP contribution in [0, 0.1) is 0 Å². The van der Waals surface area contributed by atoms with Gasteiger partial charge in [-0.3, -0.25) is 9.59 Å². The van der Waals surface area contributed by atoms with E-state index in [1.807, 2.05) is 30.3 Å². The lowest BCUT2D eigenvalue weighted by molar-refractivity contribution is -0.136. The van der Waals surface area contributed by atoms with Gasteiger partial charge in [0, 0.05) is 32.9 Å². The first-order chi connectivity index (χ1) is 11.1. The molecule has 2 amide bonds. The number of carbonyl (C=O) groups is 2. The quantitative estimate of drug-likeness (QED) is 0.777. The molecule has 23 heavy (non-hydrogen) atoms. The number of unbranched alkanes of at least 4 members (excludes halogenated alkanes) is 1. The van der Waals surface area contributed by atoms with E-state index in [0.29, 0.717) is 6.54 Å². The van der Waals surface area contributed by atoms with Crippen LogP contribution in [0.25, 0.3) is 0 Å². The Hall–Kier alpha value is -2.17. The van der Waals surface area contributed by atoms with Crippen molar-refractivity contribution >= 4 is 17.5 Å². The molecule has 0 spiro atoms. The molecule has 124 valence electrons. The van der Waals surface area contributed by atoms with E-state index in [-0.39, 0.29) is 24.7 Å². The zero-order valence-corrected chi connectivity index (χ0v) is 14.0. The highest BCUT2D eigenvalue weighted by molar-refractivity contribution is 6.02. The van der Waals surface area contributed by atoms with Gasteiger partial charge in [0.15, 0.2) is 0 Å². The molecule has 0 aliphatic carbocycles. The summed E-state index contributed by atoms with van der Waals surface area (Å²) < 4.78 is 0. The Morgan fingerprint density at radius 1 is 1.22 bits per heavy atom. The maximum absolute atomic E-state index is 12.2. The van der Waals surface area contributed by atoms with Crippen LogP contribution in [-0.4, -0.2) is 47.6 Å². The van der Waals surface area contributed by atoms with Gasteiger partial charge in [0.1, 0.15) is 0 Å². The molecule has 1 aromatic rings. The monoisotopic (exact) mass is 315 g/mol. The number of benzene rings is 1. The smallest absolute Gasteiger partial charge is 0.243 e. The van der Waals surface area contributed by atoms with Crippen LogP contribution >= 0.6 is 0 Å². The Morgan fingerprint density at radius 3 is 2.65 bits per heavy atom. The first kappa shape index (κ1) is 17.2. The minimum Gasteiger partial charge on any atom is -0.346 e. The first-order valence-corrected chi connectivity index (χ1v) is 8.29. The van der Waals surface area contributed by atoms with Gasteiger partial charge in [-0.05, 0) is 12.0 Å². The van der Waals surface area contributed by atoms with Crippen molar-refractivity contribution in [2.75, 3.05) is 20.1 Å². The highest BCUT2D eigenvalue weighted by Crippen LogP contribution is 2.15. The highest BCUT2D eigenvalue weighted by Gasteiger charge is 2.22. The molecule has 0 fully saturated rings. The highest BCUT2D eigenvalue weighted by atomic mass is 16.2. The van der Waals surface area contributed by atoms with Crippen LogP contribution in [0.15, 0.2) is 35.4 Å². The standard InChI is InChI=1S/C18H25N3O2/c1-3-4-13-20(2)17(22)10-11-18(23)21-14-12-16(19-21)15-8-6-5-7-9-15/h5-9H,3-4,10-14H2,1-2H3. The largest absolute Gasteiger partial charge is 0.346 e. The van der Waals surface area contributed by atoms with Crippen molar-refractivity contribution in [3.05, 3.63) is 35.9 Å².